The third-order valence-electron chi connectivity index (χ3n) is 4.65. The fraction of sp³-hybridized carbons (Fsp3) is 0.562. The van der Waals surface area contributed by atoms with Crippen molar-refractivity contribution in [2.75, 3.05) is 26.2 Å². The van der Waals surface area contributed by atoms with Gasteiger partial charge in [-0.3, -0.25) is 4.79 Å². The lowest BCUT2D eigenvalue weighted by Crippen LogP contribution is -2.37. The van der Waals surface area contributed by atoms with Crippen LogP contribution in [-0.2, 0) is 17.6 Å². The van der Waals surface area contributed by atoms with Gasteiger partial charge < -0.3 is 15.4 Å². The van der Waals surface area contributed by atoms with E-state index in [9.17, 15) is 18.0 Å². The number of nitrogens with zero attached hydrogens (tertiary/aromatic N) is 1. The Hall–Kier alpha value is -1.76. The molecule has 0 aliphatic carbocycles. The van der Waals surface area contributed by atoms with Gasteiger partial charge in [-0.25, -0.2) is 0 Å². The number of carbonyl (C=O) groups is 1. The number of hydrogen-bond donors (Lipinski definition) is 1. The zero-order valence-electron chi connectivity index (χ0n) is 12.6. The van der Waals surface area contributed by atoms with E-state index >= 15 is 0 Å². The Balaban J connectivity index is 1.62. The predicted octanol–water partition coefficient (Wildman–Crippen LogP) is 1.76. The van der Waals surface area contributed by atoms with Gasteiger partial charge in [0, 0.05) is 26.1 Å². The Morgan fingerprint density at radius 1 is 1.35 bits per heavy atom. The number of amides is 1. The van der Waals surface area contributed by atoms with E-state index in [0.717, 1.165) is 23.3 Å². The van der Waals surface area contributed by atoms with Gasteiger partial charge >= 0.3 is 6.18 Å². The van der Waals surface area contributed by atoms with Crippen molar-refractivity contribution in [3.05, 3.63) is 29.3 Å². The molecule has 0 aromatic heterocycles. The van der Waals surface area contributed by atoms with Gasteiger partial charge in [0.05, 0.1) is 18.4 Å². The normalized spacial score (nSPS) is 24.5. The molecule has 0 bridgehead atoms. The lowest BCUT2D eigenvalue weighted by atomic mass is 9.95. The number of alkyl halides is 3. The number of benzene rings is 1. The standard InChI is InChI=1S/C16H19F3N2O2/c17-16(18,19)13-9-21(8-12(13)15(20)22)5-3-10-1-2-14-11(7-10)4-6-23-14/h1-2,7,12-13H,3-6,8-9H2,(H2,20,22)/t12-,13-/m1/s1. The van der Waals surface area contributed by atoms with Crippen molar-refractivity contribution in [1.82, 2.24) is 4.90 Å². The van der Waals surface area contributed by atoms with Crippen molar-refractivity contribution in [1.29, 1.82) is 0 Å². The predicted molar refractivity (Wildman–Crippen MR) is 78.0 cm³/mol. The third-order valence-corrected chi connectivity index (χ3v) is 4.65. The fourth-order valence-electron chi connectivity index (χ4n) is 3.37. The number of halogens is 3. The van der Waals surface area contributed by atoms with Crippen LogP contribution in [-0.4, -0.2) is 43.2 Å². The molecule has 2 aliphatic rings. The van der Waals surface area contributed by atoms with E-state index in [1.165, 1.54) is 0 Å². The summed E-state index contributed by atoms with van der Waals surface area (Å²) in [7, 11) is 0. The number of likely N-dealkylation sites (tertiary alicyclic amines) is 1. The molecular formula is C16H19F3N2O2. The van der Waals surface area contributed by atoms with Crippen LogP contribution in [0.5, 0.6) is 5.75 Å². The summed E-state index contributed by atoms with van der Waals surface area (Å²) in [5.74, 6) is -2.79. The molecule has 2 aliphatic heterocycles. The second kappa shape index (κ2) is 6.03. The quantitative estimate of drug-likeness (QED) is 0.916. The summed E-state index contributed by atoms with van der Waals surface area (Å²) in [6.45, 7) is 1.08. The number of hydrogen-bond acceptors (Lipinski definition) is 3. The average Bonchev–Trinajstić information content (AvgIpc) is 3.10. The molecule has 0 spiro atoms. The van der Waals surface area contributed by atoms with Crippen LogP contribution >= 0.6 is 0 Å². The van der Waals surface area contributed by atoms with Gasteiger partial charge in [0.15, 0.2) is 0 Å². The van der Waals surface area contributed by atoms with Crippen LogP contribution in [0.3, 0.4) is 0 Å². The topological polar surface area (TPSA) is 55.6 Å². The molecule has 23 heavy (non-hydrogen) atoms. The Morgan fingerprint density at radius 2 is 2.13 bits per heavy atom. The van der Waals surface area contributed by atoms with E-state index in [1.807, 2.05) is 18.2 Å². The van der Waals surface area contributed by atoms with E-state index in [-0.39, 0.29) is 13.1 Å². The Morgan fingerprint density at radius 3 is 2.78 bits per heavy atom. The van der Waals surface area contributed by atoms with E-state index in [2.05, 4.69) is 0 Å². The number of ether oxygens (including phenoxy) is 1. The monoisotopic (exact) mass is 328 g/mol. The Kier molecular flexibility index (Phi) is 4.23. The van der Waals surface area contributed by atoms with Crippen LogP contribution in [0, 0.1) is 11.8 Å². The molecule has 0 radical (unpaired) electrons. The first-order valence-electron chi connectivity index (χ1n) is 7.67. The first-order valence-corrected chi connectivity index (χ1v) is 7.67. The molecule has 2 heterocycles. The SMILES string of the molecule is NC(=O)[C@@H]1CN(CCc2ccc3c(c2)CCO3)C[C@H]1C(F)(F)F. The third kappa shape index (κ3) is 3.44. The summed E-state index contributed by atoms with van der Waals surface area (Å²) < 4.78 is 44.5. The summed E-state index contributed by atoms with van der Waals surface area (Å²) >= 11 is 0. The number of nitrogens with two attached hydrogens (primary N) is 1. The van der Waals surface area contributed by atoms with Crippen LogP contribution in [0.1, 0.15) is 11.1 Å². The van der Waals surface area contributed by atoms with Crippen molar-refractivity contribution in [3.8, 4) is 5.75 Å². The van der Waals surface area contributed by atoms with Crippen LogP contribution in [0.15, 0.2) is 18.2 Å². The summed E-state index contributed by atoms with van der Waals surface area (Å²) in [6, 6.07) is 5.89. The molecule has 126 valence electrons. The minimum atomic E-state index is -4.39. The number of fused-ring (bicyclic) bond motifs is 1. The molecule has 4 nitrogen and oxygen atoms in total. The van der Waals surface area contributed by atoms with E-state index < -0.39 is 23.9 Å². The maximum Gasteiger partial charge on any atom is 0.393 e. The van der Waals surface area contributed by atoms with E-state index in [1.54, 1.807) is 4.90 Å². The molecule has 1 fully saturated rings. The zero-order chi connectivity index (χ0) is 16.6. The summed E-state index contributed by atoms with van der Waals surface area (Å²) in [4.78, 5) is 13.0. The molecule has 0 unspecified atom stereocenters. The van der Waals surface area contributed by atoms with Crippen molar-refractivity contribution in [2.24, 2.45) is 17.6 Å². The van der Waals surface area contributed by atoms with Crippen molar-refractivity contribution >= 4 is 5.91 Å². The summed E-state index contributed by atoms with van der Waals surface area (Å²) in [5, 5.41) is 0. The number of carbonyl (C=O) groups excluding carboxylic acids is 1. The molecule has 2 atom stereocenters. The first-order chi connectivity index (χ1) is 10.8. The van der Waals surface area contributed by atoms with Gasteiger partial charge in [-0.15, -0.1) is 0 Å². The number of primary amides is 1. The first kappa shape index (κ1) is 16.1. The highest BCUT2D eigenvalue weighted by molar-refractivity contribution is 5.77. The Labute approximate surface area is 132 Å². The summed E-state index contributed by atoms with van der Waals surface area (Å²) in [6.07, 6.45) is -2.88. The maximum atomic E-state index is 13.0. The second-order valence-corrected chi connectivity index (χ2v) is 6.21. The highest BCUT2D eigenvalue weighted by atomic mass is 19.4. The van der Waals surface area contributed by atoms with Crippen molar-refractivity contribution in [3.63, 3.8) is 0 Å². The molecule has 7 heteroatoms. The molecule has 3 rings (SSSR count). The molecule has 2 N–H and O–H groups in total. The van der Waals surface area contributed by atoms with Crippen molar-refractivity contribution in [2.45, 2.75) is 19.0 Å². The average molecular weight is 328 g/mol. The van der Waals surface area contributed by atoms with E-state index in [4.69, 9.17) is 10.5 Å². The van der Waals surface area contributed by atoms with Gasteiger partial charge in [0.1, 0.15) is 5.75 Å². The van der Waals surface area contributed by atoms with Crippen LogP contribution in [0.4, 0.5) is 13.2 Å². The molecule has 0 saturated carbocycles. The largest absolute Gasteiger partial charge is 0.493 e. The van der Waals surface area contributed by atoms with Gasteiger partial charge in [-0.05, 0) is 23.6 Å². The second-order valence-electron chi connectivity index (χ2n) is 6.21. The van der Waals surface area contributed by atoms with Gasteiger partial charge in [0.2, 0.25) is 5.91 Å². The van der Waals surface area contributed by atoms with Crippen LogP contribution in [0.2, 0.25) is 0 Å². The lowest BCUT2D eigenvalue weighted by Gasteiger charge is -2.18. The maximum absolute atomic E-state index is 13.0. The minimum Gasteiger partial charge on any atom is -0.493 e. The van der Waals surface area contributed by atoms with E-state index in [0.29, 0.717) is 19.6 Å². The lowest BCUT2D eigenvalue weighted by molar-refractivity contribution is -0.182. The molecule has 1 saturated heterocycles. The van der Waals surface area contributed by atoms with Crippen molar-refractivity contribution < 1.29 is 22.7 Å². The number of rotatable bonds is 4. The fourth-order valence-corrected chi connectivity index (χ4v) is 3.37. The summed E-state index contributed by atoms with van der Waals surface area (Å²) in [5.41, 5.74) is 7.35. The highest BCUT2D eigenvalue weighted by Crippen LogP contribution is 2.37. The van der Waals surface area contributed by atoms with Gasteiger partial charge in [-0.2, -0.15) is 13.2 Å². The Bertz CT molecular complexity index is 603. The molecule has 1 aromatic rings. The van der Waals surface area contributed by atoms with Crippen LogP contribution < -0.4 is 10.5 Å². The minimum absolute atomic E-state index is 0.0769. The smallest absolute Gasteiger partial charge is 0.393 e. The van der Waals surface area contributed by atoms with Gasteiger partial charge in [-0.1, -0.05) is 12.1 Å². The molecule has 1 aromatic carbocycles. The zero-order valence-corrected chi connectivity index (χ0v) is 12.6. The van der Waals surface area contributed by atoms with Gasteiger partial charge in [0.25, 0.3) is 0 Å². The highest BCUT2D eigenvalue weighted by Gasteiger charge is 2.51. The van der Waals surface area contributed by atoms with Crippen LogP contribution in [0.25, 0.3) is 0 Å². The molecular weight excluding hydrogens is 309 g/mol. The molecule has 1 amide bonds.